The average molecular weight is 373 g/mol. The number of hydrogen-bond acceptors (Lipinski definition) is 3. The maximum atomic E-state index is 13.1. The minimum absolute atomic E-state index is 0.181. The first-order valence-corrected chi connectivity index (χ1v) is 8.71. The molecule has 0 bridgehead atoms. The summed E-state index contributed by atoms with van der Waals surface area (Å²) in [6.07, 6.45) is 0.197. The van der Waals surface area contributed by atoms with E-state index in [2.05, 4.69) is 4.98 Å². The van der Waals surface area contributed by atoms with E-state index in [1.807, 2.05) is 36.4 Å². The van der Waals surface area contributed by atoms with Crippen LogP contribution in [0.5, 0.6) is 5.75 Å². The Hall–Kier alpha value is -3.73. The molecule has 138 valence electrons. The Morgan fingerprint density at radius 3 is 2.32 bits per heavy atom. The quantitative estimate of drug-likeness (QED) is 0.526. The predicted molar refractivity (Wildman–Crippen MR) is 105 cm³/mol. The monoisotopic (exact) mass is 373 g/mol. The van der Waals surface area contributed by atoms with Gasteiger partial charge in [-0.05, 0) is 41.0 Å². The van der Waals surface area contributed by atoms with Crippen LogP contribution in [0.4, 0.5) is 4.39 Å². The number of halogens is 1. The number of aromatic nitrogens is 1. The van der Waals surface area contributed by atoms with Gasteiger partial charge >= 0.3 is 5.97 Å². The van der Waals surface area contributed by atoms with Gasteiger partial charge in [-0.1, -0.05) is 48.5 Å². The van der Waals surface area contributed by atoms with Crippen molar-refractivity contribution in [1.82, 2.24) is 4.98 Å². The molecule has 0 aliphatic carbocycles. The highest BCUT2D eigenvalue weighted by Gasteiger charge is 2.20. The van der Waals surface area contributed by atoms with Crippen molar-refractivity contribution in [3.63, 3.8) is 0 Å². The summed E-state index contributed by atoms with van der Waals surface area (Å²) in [5, 5.41) is 20.7. The van der Waals surface area contributed by atoms with Crippen LogP contribution in [-0.4, -0.2) is 21.2 Å². The fraction of sp³-hybridized carbons (Fsp3) is 0.0435. The lowest BCUT2D eigenvalue weighted by Gasteiger charge is -2.12. The molecule has 0 aliphatic rings. The van der Waals surface area contributed by atoms with E-state index in [9.17, 15) is 19.4 Å². The molecular formula is C23H16FNO3. The van der Waals surface area contributed by atoms with Crippen LogP contribution >= 0.6 is 0 Å². The average Bonchev–Trinajstić information content (AvgIpc) is 2.70. The highest BCUT2D eigenvalue weighted by atomic mass is 19.1. The molecule has 1 heterocycles. The number of fused-ring (bicyclic) bond motifs is 1. The van der Waals surface area contributed by atoms with Gasteiger partial charge in [-0.3, -0.25) is 0 Å². The van der Waals surface area contributed by atoms with E-state index in [4.69, 9.17) is 0 Å². The summed E-state index contributed by atoms with van der Waals surface area (Å²) in [6, 6.07) is 20.7. The van der Waals surface area contributed by atoms with Gasteiger partial charge in [0, 0.05) is 11.8 Å². The zero-order chi connectivity index (χ0) is 19.7. The van der Waals surface area contributed by atoms with E-state index in [0.717, 1.165) is 16.7 Å². The predicted octanol–water partition coefficient (Wildman–Crippen LogP) is 5.04. The van der Waals surface area contributed by atoms with Crippen molar-refractivity contribution in [2.45, 2.75) is 6.42 Å². The van der Waals surface area contributed by atoms with Crippen LogP contribution in [0.2, 0.25) is 0 Å². The van der Waals surface area contributed by atoms with Gasteiger partial charge in [0.1, 0.15) is 11.4 Å². The first-order valence-electron chi connectivity index (χ1n) is 8.71. The third kappa shape index (κ3) is 3.30. The lowest BCUT2D eigenvalue weighted by molar-refractivity contribution is 0.0695. The molecule has 0 fully saturated rings. The Balaban J connectivity index is 1.86. The van der Waals surface area contributed by atoms with Gasteiger partial charge in [0.15, 0.2) is 5.75 Å². The summed E-state index contributed by atoms with van der Waals surface area (Å²) in [6.45, 7) is 0. The molecule has 0 radical (unpaired) electrons. The number of rotatable bonds is 4. The molecule has 4 rings (SSSR count). The van der Waals surface area contributed by atoms with Crippen molar-refractivity contribution in [2.75, 3.05) is 0 Å². The van der Waals surface area contributed by atoms with E-state index in [1.165, 1.54) is 12.1 Å². The first-order chi connectivity index (χ1) is 13.5. The Kier molecular flexibility index (Phi) is 4.49. The molecule has 0 saturated carbocycles. The minimum atomic E-state index is -1.23. The summed E-state index contributed by atoms with van der Waals surface area (Å²) in [7, 11) is 0. The summed E-state index contributed by atoms with van der Waals surface area (Å²) in [5.74, 6) is -1.95. The maximum Gasteiger partial charge on any atom is 0.340 e. The van der Waals surface area contributed by atoms with Crippen LogP contribution in [0.25, 0.3) is 22.0 Å². The van der Waals surface area contributed by atoms with Crippen molar-refractivity contribution in [3.05, 3.63) is 95.4 Å². The molecule has 0 aliphatic heterocycles. The molecule has 0 saturated heterocycles. The van der Waals surface area contributed by atoms with Crippen LogP contribution in [0.3, 0.4) is 0 Å². The van der Waals surface area contributed by atoms with Crippen molar-refractivity contribution in [2.24, 2.45) is 0 Å². The molecule has 1 aromatic heterocycles. The Morgan fingerprint density at radius 2 is 1.64 bits per heavy atom. The number of aromatic hydroxyl groups is 1. The van der Waals surface area contributed by atoms with E-state index < -0.39 is 5.97 Å². The molecule has 4 nitrogen and oxygen atoms in total. The number of nitrogens with zero attached hydrogens (tertiary/aromatic N) is 1. The van der Waals surface area contributed by atoms with Crippen molar-refractivity contribution in [1.29, 1.82) is 0 Å². The Bertz CT molecular complexity index is 1170. The Labute approximate surface area is 160 Å². The van der Waals surface area contributed by atoms with Crippen LogP contribution in [-0.2, 0) is 6.42 Å². The SMILES string of the molecule is O=C(O)c1c(O)c(Cc2ccc(F)cc2)nc2ccc(-c3ccccc3)cc12. The minimum Gasteiger partial charge on any atom is -0.505 e. The number of hydrogen-bond donors (Lipinski definition) is 2. The second-order valence-corrected chi connectivity index (χ2v) is 6.49. The Morgan fingerprint density at radius 1 is 0.929 bits per heavy atom. The molecular weight excluding hydrogens is 357 g/mol. The summed E-state index contributed by atoms with van der Waals surface area (Å²) >= 11 is 0. The highest BCUT2D eigenvalue weighted by molar-refractivity contribution is 6.06. The van der Waals surface area contributed by atoms with Crippen LogP contribution < -0.4 is 0 Å². The van der Waals surface area contributed by atoms with E-state index in [-0.39, 0.29) is 29.2 Å². The third-order valence-electron chi connectivity index (χ3n) is 4.64. The topological polar surface area (TPSA) is 70.4 Å². The van der Waals surface area contributed by atoms with Gasteiger partial charge in [-0.15, -0.1) is 0 Å². The number of carboxylic acids is 1. The summed E-state index contributed by atoms with van der Waals surface area (Å²) < 4.78 is 13.1. The van der Waals surface area contributed by atoms with Gasteiger partial charge in [0.2, 0.25) is 0 Å². The molecule has 0 unspecified atom stereocenters. The first kappa shape index (κ1) is 17.7. The molecule has 2 N–H and O–H groups in total. The summed E-state index contributed by atoms with van der Waals surface area (Å²) in [4.78, 5) is 16.4. The van der Waals surface area contributed by atoms with Gasteiger partial charge < -0.3 is 10.2 Å². The molecule has 0 amide bonds. The molecule has 4 aromatic rings. The fourth-order valence-corrected chi connectivity index (χ4v) is 3.25. The maximum absolute atomic E-state index is 13.1. The van der Waals surface area contributed by atoms with Crippen molar-refractivity contribution < 1.29 is 19.4 Å². The lowest BCUT2D eigenvalue weighted by atomic mass is 9.98. The summed E-state index contributed by atoms with van der Waals surface area (Å²) in [5.41, 5.74) is 3.04. The third-order valence-corrected chi connectivity index (χ3v) is 4.64. The number of pyridine rings is 1. The zero-order valence-corrected chi connectivity index (χ0v) is 14.8. The van der Waals surface area contributed by atoms with E-state index >= 15 is 0 Å². The molecule has 0 atom stereocenters. The standard InChI is InChI=1S/C23H16FNO3/c24-17-9-6-14(7-10-17)12-20-22(26)21(23(27)28)18-13-16(8-11-19(18)25-20)15-4-2-1-3-5-15/h1-11,13,26H,12H2,(H,27,28). The molecule has 5 heteroatoms. The van der Waals surface area contributed by atoms with Crippen molar-refractivity contribution in [3.8, 4) is 16.9 Å². The van der Waals surface area contributed by atoms with E-state index in [1.54, 1.807) is 24.3 Å². The van der Waals surface area contributed by atoms with Crippen molar-refractivity contribution >= 4 is 16.9 Å². The lowest BCUT2D eigenvalue weighted by Crippen LogP contribution is -2.04. The van der Waals surface area contributed by atoms with E-state index in [0.29, 0.717) is 10.9 Å². The van der Waals surface area contributed by atoms with Gasteiger partial charge in [0.25, 0.3) is 0 Å². The normalized spacial score (nSPS) is 10.9. The van der Waals surface area contributed by atoms with Gasteiger partial charge in [-0.25, -0.2) is 14.2 Å². The molecule has 3 aromatic carbocycles. The van der Waals surface area contributed by atoms with Crippen LogP contribution in [0.1, 0.15) is 21.6 Å². The van der Waals surface area contributed by atoms with Crippen LogP contribution in [0, 0.1) is 5.82 Å². The molecule has 28 heavy (non-hydrogen) atoms. The highest BCUT2D eigenvalue weighted by Crippen LogP contribution is 2.33. The number of aromatic carboxylic acids is 1. The number of carbonyl (C=O) groups is 1. The largest absolute Gasteiger partial charge is 0.505 e. The van der Waals surface area contributed by atoms with Crippen LogP contribution in [0.15, 0.2) is 72.8 Å². The van der Waals surface area contributed by atoms with Gasteiger partial charge in [0.05, 0.1) is 11.2 Å². The smallest absolute Gasteiger partial charge is 0.340 e. The second-order valence-electron chi connectivity index (χ2n) is 6.49. The number of benzene rings is 3. The van der Waals surface area contributed by atoms with Gasteiger partial charge in [-0.2, -0.15) is 0 Å². The fourth-order valence-electron chi connectivity index (χ4n) is 3.25. The zero-order valence-electron chi connectivity index (χ0n) is 14.8. The molecule has 0 spiro atoms. The second kappa shape index (κ2) is 7.12. The number of carboxylic acid groups (broad SMARTS) is 1.